The lowest BCUT2D eigenvalue weighted by Gasteiger charge is -2.22. The summed E-state index contributed by atoms with van der Waals surface area (Å²) in [7, 11) is -3.59. The van der Waals surface area contributed by atoms with Crippen molar-refractivity contribution in [2.24, 2.45) is 0 Å². The number of likely N-dealkylation sites (tertiary alicyclic amines) is 1. The van der Waals surface area contributed by atoms with Crippen LogP contribution in [-0.4, -0.2) is 85.3 Å². The molecule has 0 saturated carbocycles. The minimum atomic E-state index is -3.59. The average molecular weight is 483 g/mol. The molecule has 1 atom stereocenters. The van der Waals surface area contributed by atoms with E-state index in [0.717, 1.165) is 6.26 Å². The summed E-state index contributed by atoms with van der Waals surface area (Å²) < 4.78 is 43.9. The highest BCUT2D eigenvalue weighted by Gasteiger charge is 2.39. The van der Waals surface area contributed by atoms with Crippen LogP contribution in [0, 0.1) is 0 Å². The zero-order chi connectivity index (χ0) is 24.0. The fourth-order valence-electron chi connectivity index (χ4n) is 2.82. The van der Waals surface area contributed by atoms with Gasteiger partial charge in [-0.05, 0) is 24.3 Å². The van der Waals surface area contributed by atoms with E-state index in [1.165, 1.54) is 0 Å². The van der Waals surface area contributed by atoms with Gasteiger partial charge in [0, 0.05) is 24.7 Å². The first-order valence-corrected chi connectivity index (χ1v) is 11.6. The summed E-state index contributed by atoms with van der Waals surface area (Å²) in [6.07, 6.45) is -0.761. The van der Waals surface area contributed by atoms with Crippen molar-refractivity contribution in [3.8, 4) is 17.2 Å². The van der Waals surface area contributed by atoms with Crippen LogP contribution >= 0.6 is 0 Å². The lowest BCUT2D eigenvalue weighted by molar-refractivity contribution is -0.175. The molecule has 1 fully saturated rings. The van der Waals surface area contributed by atoms with Gasteiger partial charge in [0.15, 0.2) is 0 Å². The fourth-order valence-corrected chi connectivity index (χ4v) is 3.24. The van der Waals surface area contributed by atoms with Crippen molar-refractivity contribution in [3.05, 3.63) is 24.3 Å². The van der Waals surface area contributed by atoms with Gasteiger partial charge in [0.2, 0.25) is 33.8 Å². The number of benzene rings is 1. The summed E-state index contributed by atoms with van der Waals surface area (Å²) in [6, 6.07) is 6.50. The second-order valence-corrected chi connectivity index (χ2v) is 8.74. The number of nitrogens with zero attached hydrogens (tertiary/aromatic N) is 3. The van der Waals surface area contributed by atoms with Crippen molar-refractivity contribution in [2.75, 3.05) is 32.7 Å². The van der Waals surface area contributed by atoms with Gasteiger partial charge in [-0.1, -0.05) is 5.10 Å². The molecule has 13 nitrogen and oxygen atoms in total. The van der Waals surface area contributed by atoms with Crippen molar-refractivity contribution in [2.45, 2.75) is 24.3 Å². The molecule has 1 N–H and O–H groups in total. The number of carboxylic acid groups (broad SMARTS) is 1. The van der Waals surface area contributed by atoms with Crippen LogP contribution in [0.25, 0.3) is 11.5 Å². The molecular weight excluding hydrogens is 462 g/mol. The Morgan fingerprint density at radius 2 is 1.73 bits per heavy atom. The molecule has 2 heterocycles. The minimum absolute atomic E-state index is 0.0299. The van der Waals surface area contributed by atoms with Gasteiger partial charge in [0.05, 0.1) is 19.8 Å². The van der Waals surface area contributed by atoms with E-state index in [0.29, 0.717) is 16.2 Å². The molecule has 1 saturated heterocycles. The molecule has 1 unspecified atom stereocenters. The Morgan fingerprint density at radius 3 is 2.30 bits per heavy atom. The first-order valence-electron chi connectivity index (χ1n) is 9.70. The van der Waals surface area contributed by atoms with Crippen molar-refractivity contribution in [1.29, 1.82) is 0 Å². The van der Waals surface area contributed by atoms with Crippen LogP contribution in [0.1, 0.15) is 12.8 Å². The van der Waals surface area contributed by atoms with Gasteiger partial charge in [-0.2, -0.15) is 0 Å². The summed E-state index contributed by atoms with van der Waals surface area (Å²) in [5.41, 5.74) is 0.515. The highest BCUT2D eigenvalue weighted by atomic mass is 32.2. The van der Waals surface area contributed by atoms with E-state index in [-0.39, 0.29) is 45.2 Å². The molecule has 1 aliphatic rings. The van der Waals surface area contributed by atoms with Gasteiger partial charge in [0.25, 0.3) is 0 Å². The summed E-state index contributed by atoms with van der Waals surface area (Å²) in [6.45, 7) is 0.250. The highest BCUT2D eigenvalue weighted by molar-refractivity contribution is 7.90. The SMILES string of the molecule is CS(=O)(=O)c1nnc(-c2ccc(OCCOCCOC(C(=O)O)N3C(=O)CCC3=O)cc2)o1. The van der Waals surface area contributed by atoms with Gasteiger partial charge in [-0.3, -0.25) is 9.59 Å². The van der Waals surface area contributed by atoms with E-state index >= 15 is 0 Å². The molecule has 178 valence electrons. The molecule has 2 aromatic rings. The molecule has 0 aliphatic carbocycles. The number of hydrogen-bond acceptors (Lipinski definition) is 11. The average Bonchev–Trinajstić information content (AvgIpc) is 3.38. The fraction of sp³-hybridized carbons (Fsp3) is 0.421. The first kappa shape index (κ1) is 24.3. The summed E-state index contributed by atoms with van der Waals surface area (Å²) >= 11 is 0. The van der Waals surface area contributed by atoms with Gasteiger partial charge < -0.3 is 23.7 Å². The van der Waals surface area contributed by atoms with Crippen LogP contribution in [0.15, 0.2) is 33.9 Å². The van der Waals surface area contributed by atoms with Crippen molar-refractivity contribution in [1.82, 2.24) is 15.1 Å². The Morgan fingerprint density at radius 1 is 1.09 bits per heavy atom. The number of imide groups is 1. The maximum atomic E-state index is 11.7. The Bertz CT molecular complexity index is 1100. The lowest BCUT2D eigenvalue weighted by atomic mass is 10.2. The van der Waals surface area contributed by atoms with Crippen LogP contribution in [-0.2, 0) is 33.7 Å². The maximum absolute atomic E-state index is 11.7. The van der Waals surface area contributed by atoms with E-state index in [2.05, 4.69) is 10.2 Å². The molecule has 33 heavy (non-hydrogen) atoms. The number of carbonyl (C=O) groups excluding carboxylic acids is 2. The number of amides is 2. The molecule has 0 spiro atoms. The second kappa shape index (κ2) is 10.5. The zero-order valence-corrected chi connectivity index (χ0v) is 18.3. The summed E-state index contributed by atoms with van der Waals surface area (Å²) in [5.74, 6) is -2.02. The van der Waals surface area contributed by atoms with Gasteiger partial charge in [0.1, 0.15) is 12.4 Å². The molecule has 0 bridgehead atoms. The molecule has 14 heteroatoms. The van der Waals surface area contributed by atoms with Gasteiger partial charge >= 0.3 is 11.2 Å². The smallest absolute Gasteiger partial charge is 0.354 e. The predicted molar refractivity (Wildman–Crippen MR) is 108 cm³/mol. The quantitative estimate of drug-likeness (QED) is 0.319. The molecule has 1 aromatic carbocycles. The van der Waals surface area contributed by atoms with Crippen molar-refractivity contribution >= 4 is 27.6 Å². The van der Waals surface area contributed by atoms with Crippen molar-refractivity contribution in [3.63, 3.8) is 0 Å². The van der Waals surface area contributed by atoms with Crippen molar-refractivity contribution < 1.29 is 46.5 Å². The third-order valence-electron chi connectivity index (χ3n) is 4.36. The Balaban J connectivity index is 1.37. The van der Waals surface area contributed by atoms with E-state index < -0.39 is 39.1 Å². The summed E-state index contributed by atoms with van der Waals surface area (Å²) in [5, 5.41) is 15.9. The predicted octanol–water partition coefficient (Wildman–Crippen LogP) is 0.112. The van der Waals surface area contributed by atoms with Crippen LogP contribution < -0.4 is 4.74 Å². The zero-order valence-electron chi connectivity index (χ0n) is 17.5. The topological polar surface area (TPSA) is 175 Å². The monoisotopic (exact) mass is 483 g/mol. The molecule has 1 aliphatic heterocycles. The molecule has 3 rings (SSSR count). The Kier molecular flexibility index (Phi) is 7.73. The van der Waals surface area contributed by atoms with E-state index in [1.807, 2.05) is 0 Å². The minimum Gasteiger partial charge on any atom is -0.491 e. The van der Waals surface area contributed by atoms with Crippen LogP contribution in [0.5, 0.6) is 5.75 Å². The van der Waals surface area contributed by atoms with Crippen LogP contribution in [0.2, 0.25) is 0 Å². The summed E-state index contributed by atoms with van der Waals surface area (Å²) in [4.78, 5) is 35.2. The number of rotatable bonds is 12. The largest absolute Gasteiger partial charge is 0.491 e. The van der Waals surface area contributed by atoms with E-state index in [4.69, 9.17) is 18.6 Å². The number of aliphatic carboxylic acids is 1. The first-order chi connectivity index (χ1) is 15.7. The number of hydrogen-bond donors (Lipinski definition) is 1. The number of ether oxygens (including phenoxy) is 3. The number of aromatic nitrogens is 2. The van der Waals surface area contributed by atoms with Gasteiger partial charge in [-0.25, -0.2) is 18.1 Å². The van der Waals surface area contributed by atoms with E-state index in [1.54, 1.807) is 24.3 Å². The number of sulfone groups is 1. The number of carbonyl (C=O) groups is 3. The molecule has 1 aromatic heterocycles. The Hall–Kier alpha value is -3.36. The standard InChI is InChI=1S/C19H21N3O10S/c1-33(27,28)19-21-20-16(32-19)12-2-4-13(5-3-12)30-10-8-29-9-11-31-17(18(25)26)22-14(23)6-7-15(22)24/h2-5,17H,6-11H2,1H3,(H,25,26). The molecule has 2 amide bonds. The second-order valence-electron chi connectivity index (χ2n) is 6.85. The highest BCUT2D eigenvalue weighted by Crippen LogP contribution is 2.22. The normalized spacial score (nSPS) is 15.1. The van der Waals surface area contributed by atoms with Crippen LogP contribution in [0.4, 0.5) is 0 Å². The van der Waals surface area contributed by atoms with Crippen LogP contribution in [0.3, 0.4) is 0 Å². The van der Waals surface area contributed by atoms with E-state index in [9.17, 15) is 27.9 Å². The lowest BCUT2D eigenvalue weighted by Crippen LogP contribution is -2.46. The molecule has 0 radical (unpaired) electrons. The molecular formula is C19H21N3O10S. The number of carboxylic acids is 1. The van der Waals surface area contributed by atoms with Gasteiger partial charge in [-0.15, -0.1) is 5.10 Å². The third-order valence-corrected chi connectivity index (χ3v) is 5.16. The Labute approximate surface area is 188 Å². The maximum Gasteiger partial charge on any atom is 0.354 e. The third kappa shape index (κ3) is 6.34.